The molecule has 0 aliphatic carbocycles. The monoisotopic (exact) mass is 1130 g/mol. The van der Waals surface area contributed by atoms with Gasteiger partial charge in [-0.2, -0.15) is 32.7 Å². The summed E-state index contributed by atoms with van der Waals surface area (Å²) in [6, 6.07) is 15.0. The van der Waals surface area contributed by atoms with E-state index in [1.54, 1.807) is 38.2 Å². The van der Waals surface area contributed by atoms with Gasteiger partial charge in [0.2, 0.25) is 17.7 Å². The number of alkyl halides is 3. The number of aromatic nitrogens is 4. The third-order valence-electron chi connectivity index (χ3n) is 13.5. The number of ether oxygens (including phenoxy) is 4. The highest BCUT2D eigenvalue weighted by Crippen LogP contribution is 2.49. The van der Waals surface area contributed by atoms with E-state index in [0.717, 1.165) is 9.36 Å². The minimum atomic E-state index is -4.94. The van der Waals surface area contributed by atoms with Crippen LogP contribution in [0.3, 0.4) is 0 Å². The molecule has 3 fully saturated rings. The number of hydrogen-bond donors (Lipinski definition) is 3. The normalized spacial score (nSPS) is 18.5. The first kappa shape index (κ1) is 59.0. The molecule has 8 rings (SSSR count). The second kappa shape index (κ2) is 24.2. The van der Waals surface area contributed by atoms with Crippen LogP contribution in [0.5, 0.6) is 17.2 Å². The molecule has 4 atom stereocenters. The first-order valence-electron chi connectivity index (χ1n) is 24.7. The van der Waals surface area contributed by atoms with Gasteiger partial charge in [-0.3, -0.25) is 24.0 Å². The first-order valence-corrected chi connectivity index (χ1v) is 26.4. The molecule has 3 aliphatic heterocycles. The number of nitrogens with one attached hydrogen (secondary N) is 2. The number of amides is 3. The van der Waals surface area contributed by atoms with Crippen molar-refractivity contribution in [1.82, 2.24) is 34.7 Å². The van der Waals surface area contributed by atoms with Crippen molar-refractivity contribution in [3.05, 3.63) is 113 Å². The van der Waals surface area contributed by atoms with Gasteiger partial charge in [-0.25, -0.2) is 17.2 Å². The van der Waals surface area contributed by atoms with E-state index in [4.69, 9.17) is 18.9 Å². The minimum absolute atomic E-state index is 0.0267. The predicted octanol–water partition coefficient (Wildman–Crippen LogP) is 4.43. The highest BCUT2D eigenvalue weighted by Gasteiger charge is 2.63. The van der Waals surface area contributed by atoms with Crippen LogP contribution in [0.1, 0.15) is 64.4 Å². The SMILES string of the molecule is COc1c(CS(=O)(=O)C2C(=O)NCC2C)nn(C(=O)C(C)(C)CO)c1NCc1ccc(F)cc1.COc1ccccc1C(=O)n1nc(C2C(=O)N(CC(=O)N3CCOCC3)C2C(F)(F)F)c(OC)c1N(C)Cc1ccc(F)cc1. The second-order valence-electron chi connectivity index (χ2n) is 19.6. The van der Waals surface area contributed by atoms with Gasteiger partial charge in [0.1, 0.15) is 52.5 Å². The lowest BCUT2D eigenvalue weighted by Gasteiger charge is -2.47. The van der Waals surface area contributed by atoms with Crippen molar-refractivity contribution < 1.29 is 78.4 Å². The number of anilines is 2. The lowest BCUT2D eigenvalue weighted by Crippen LogP contribution is -2.67. The number of sulfone groups is 1. The third kappa shape index (κ3) is 12.6. The largest absolute Gasteiger partial charge is 0.496 e. The van der Waals surface area contributed by atoms with Gasteiger partial charge in [-0.05, 0) is 67.3 Å². The molecule has 21 nitrogen and oxygen atoms in total. The smallest absolute Gasteiger partial charge is 0.410 e. The fourth-order valence-electron chi connectivity index (χ4n) is 9.30. The number of benzene rings is 3. The number of para-hydroxylation sites is 1. The van der Waals surface area contributed by atoms with Gasteiger partial charge in [0.05, 0.1) is 57.9 Å². The Morgan fingerprint density at radius 2 is 1.48 bits per heavy atom. The maximum atomic E-state index is 14.6. The van der Waals surface area contributed by atoms with Gasteiger partial charge in [-0.1, -0.05) is 43.3 Å². The van der Waals surface area contributed by atoms with Crippen LogP contribution < -0.4 is 29.7 Å². The van der Waals surface area contributed by atoms with E-state index in [2.05, 4.69) is 20.8 Å². The number of morpholine rings is 1. The third-order valence-corrected chi connectivity index (χ3v) is 15.7. The van der Waals surface area contributed by atoms with E-state index in [1.165, 1.54) is 93.5 Å². The van der Waals surface area contributed by atoms with Crippen LogP contribution in [0.4, 0.5) is 33.6 Å². The van der Waals surface area contributed by atoms with E-state index in [0.29, 0.717) is 16.0 Å². The zero-order chi connectivity index (χ0) is 57.7. The molecule has 2 aromatic heterocycles. The molecule has 426 valence electrons. The molecule has 4 unspecified atom stereocenters. The number of hydrogen-bond acceptors (Lipinski definition) is 16. The number of likely N-dealkylation sites (tertiary alicyclic amines) is 1. The van der Waals surface area contributed by atoms with E-state index < -0.39 is 110 Å². The number of carbonyl (C=O) groups is 5. The summed E-state index contributed by atoms with van der Waals surface area (Å²) in [6.07, 6.45) is -4.94. The quantitative estimate of drug-likeness (QED) is 0.0812. The molecule has 27 heteroatoms. The van der Waals surface area contributed by atoms with E-state index in [-0.39, 0.29) is 86.1 Å². The van der Waals surface area contributed by atoms with Crippen molar-refractivity contribution in [2.24, 2.45) is 11.3 Å². The summed E-state index contributed by atoms with van der Waals surface area (Å²) in [4.78, 5) is 68.8. The predicted molar refractivity (Wildman–Crippen MR) is 274 cm³/mol. The summed E-state index contributed by atoms with van der Waals surface area (Å²) in [5.41, 5.74) is -0.323. The zero-order valence-electron chi connectivity index (χ0n) is 44.2. The minimum Gasteiger partial charge on any atom is -0.496 e. The Balaban J connectivity index is 0.000000238. The van der Waals surface area contributed by atoms with Crippen LogP contribution in [0.15, 0.2) is 72.8 Å². The number of rotatable bonds is 18. The number of carbonyl (C=O) groups excluding carboxylic acids is 5. The maximum absolute atomic E-state index is 14.6. The Morgan fingerprint density at radius 3 is 2.04 bits per heavy atom. The van der Waals surface area contributed by atoms with Gasteiger partial charge in [-0.15, -0.1) is 0 Å². The fourth-order valence-corrected chi connectivity index (χ4v) is 11.3. The van der Waals surface area contributed by atoms with Crippen molar-refractivity contribution in [3.8, 4) is 17.2 Å². The van der Waals surface area contributed by atoms with E-state index in [1.807, 2.05) is 0 Å². The molecule has 79 heavy (non-hydrogen) atoms. The molecule has 3 amide bonds. The van der Waals surface area contributed by atoms with Gasteiger partial charge in [0, 0.05) is 39.8 Å². The summed E-state index contributed by atoms with van der Waals surface area (Å²) < 4.78 is 120. The number of methoxy groups -OCH3 is 3. The average molecular weight is 1130 g/mol. The summed E-state index contributed by atoms with van der Waals surface area (Å²) in [6.45, 7) is 4.83. The molecule has 5 aromatic rings. The molecule has 3 saturated heterocycles. The van der Waals surface area contributed by atoms with Crippen LogP contribution in [-0.4, -0.2) is 164 Å². The second-order valence-corrected chi connectivity index (χ2v) is 21.7. The number of β-lactam (4-membered cyclic amide) rings is 1. The standard InChI is InChI=1S/C30H31F4N5O6.C22H29FN4O6S/c1-36(16-18-8-10-19(31)11-9-18)27-25(44-3)24(35-39(27)28(41)20-6-4-5-7-21(20)43-2)23-26(30(32,33)34)38(29(23)42)17-22(40)37-12-14-45-15-13-37;1-13-9-25-20(29)18(13)34(31,32)11-16-17(33-4)19(24-10-14-5-7-15(23)8-6-14)27(26-16)21(30)22(2,3)12-28/h4-11,23,26H,12-17H2,1-3H3;5-8,13,18,24,28H,9-12H2,1-4H3,(H,25,29). The summed E-state index contributed by atoms with van der Waals surface area (Å²) >= 11 is 0. The number of aliphatic hydroxyl groups excluding tert-OH is 1. The molecule has 3 aliphatic rings. The summed E-state index contributed by atoms with van der Waals surface area (Å²) in [5.74, 6) is -7.29. The van der Waals surface area contributed by atoms with Gasteiger partial charge in [0.25, 0.3) is 11.8 Å². The van der Waals surface area contributed by atoms with Crippen LogP contribution in [-0.2, 0) is 47.8 Å². The Morgan fingerprint density at radius 1 is 0.873 bits per heavy atom. The molecule has 3 N–H and O–H groups in total. The average Bonchev–Trinajstić information content (AvgIpc) is 4.35. The Bertz CT molecular complexity index is 3170. The summed E-state index contributed by atoms with van der Waals surface area (Å²) in [7, 11) is 1.43. The highest BCUT2D eigenvalue weighted by molar-refractivity contribution is 7.92. The molecular formula is C52H60F5N9O12S. The van der Waals surface area contributed by atoms with E-state index in [9.17, 15) is 59.4 Å². The number of nitrogens with zero attached hydrogens (tertiary/aromatic N) is 7. The molecule has 0 spiro atoms. The molecule has 0 radical (unpaired) electrons. The Labute approximate surface area is 451 Å². The van der Waals surface area contributed by atoms with Crippen molar-refractivity contribution in [3.63, 3.8) is 0 Å². The lowest BCUT2D eigenvalue weighted by atomic mass is 9.83. The maximum Gasteiger partial charge on any atom is 0.410 e. The molecule has 0 bridgehead atoms. The number of aliphatic hydroxyl groups is 1. The zero-order valence-corrected chi connectivity index (χ0v) is 45.0. The summed E-state index contributed by atoms with van der Waals surface area (Å²) in [5, 5.41) is 22.5. The molecule has 5 heterocycles. The highest BCUT2D eigenvalue weighted by atomic mass is 32.2. The lowest BCUT2D eigenvalue weighted by molar-refractivity contribution is -0.221. The molecular weight excluding hydrogens is 1070 g/mol. The number of halogens is 5. The first-order chi connectivity index (χ1) is 37.4. The van der Waals surface area contributed by atoms with Gasteiger partial charge < -0.3 is 49.4 Å². The van der Waals surface area contributed by atoms with Crippen LogP contribution in [0.2, 0.25) is 0 Å². The van der Waals surface area contributed by atoms with Crippen molar-refractivity contribution in [1.29, 1.82) is 0 Å². The van der Waals surface area contributed by atoms with Crippen molar-refractivity contribution in [2.45, 2.75) is 63.0 Å². The van der Waals surface area contributed by atoms with Crippen LogP contribution in [0.25, 0.3) is 0 Å². The fraction of sp³-hybridized carbons (Fsp3) is 0.442. The Kier molecular flexibility index (Phi) is 18.0. The van der Waals surface area contributed by atoms with Crippen molar-refractivity contribution >= 4 is 51.0 Å². The van der Waals surface area contributed by atoms with Crippen LogP contribution in [0, 0.1) is 23.0 Å². The molecule has 3 aromatic carbocycles. The van der Waals surface area contributed by atoms with Crippen LogP contribution >= 0.6 is 0 Å². The topological polar surface area (TPSA) is 246 Å². The molecule has 0 saturated carbocycles. The van der Waals surface area contributed by atoms with Gasteiger partial charge in [0.15, 0.2) is 33.0 Å². The van der Waals surface area contributed by atoms with E-state index >= 15 is 0 Å². The van der Waals surface area contributed by atoms with Gasteiger partial charge >= 0.3 is 6.18 Å². The van der Waals surface area contributed by atoms with Crippen molar-refractivity contribution in [2.75, 3.05) is 84.6 Å². The Hall–Kier alpha value is -7.65.